The molecule has 1 aliphatic rings. The van der Waals surface area contributed by atoms with Gasteiger partial charge < -0.3 is 10.5 Å². The third-order valence-electron chi connectivity index (χ3n) is 3.78. The van der Waals surface area contributed by atoms with Crippen LogP contribution < -0.4 is 5.73 Å². The van der Waals surface area contributed by atoms with Crippen molar-refractivity contribution in [3.05, 3.63) is 34.1 Å². The maximum Gasteiger partial charge on any atom is 0.123 e. The SMILES string of the molecule is COC1CCN(Cc2cc(F)ccc2Br)C(CN)C1.Cl. The second kappa shape index (κ2) is 8.29. The van der Waals surface area contributed by atoms with E-state index >= 15 is 0 Å². The van der Waals surface area contributed by atoms with Crippen LogP contribution in [0.25, 0.3) is 0 Å². The van der Waals surface area contributed by atoms with Gasteiger partial charge in [-0.25, -0.2) is 4.39 Å². The average Bonchev–Trinajstić information content (AvgIpc) is 2.43. The number of rotatable bonds is 4. The molecule has 114 valence electrons. The number of ether oxygens (including phenoxy) is 1. The van der Waals surface area contributed by atoms with Crippen LogP contribution in [-0.4, -0.2) is 37.2 Å². The highest BCUT2D eigenvalue weighted by molar-refractivity contribution is 9.10. The molecule has 3 nitrogen and oxygen atoms in total. The Morgan fingerprint density at radius 2 is 2.25 bits per heavy atom. The van der Waals surface area contributed by atoms with Gasteiger partial charge in [0.1, 0.15) is 5.82 Å². The summed E-state index contributed by atoms with van der Waals surface area (Å²) in [6.07, 6.45) is 2.24. The van der Waals surface area contributed by atoms with Gasteiger partial charge in [-0.3, -0.25) is 4.90 Å². The lowest BCUT2D eigenvalue weighted by Gasteiger charge is -2.38. The van der Waals surface area contributed by atoms with Crippen LogP contribution in [-0.2, 0) is 11.3 Å². The molecule has 2 N–H and O–H groups in total. The molecule has 0 aliphatic carbocycles. The lowest BCUT2D eigenvalue weighted by atomic mass is 9.98. The van der Waals surface area contributed by atoms with Crippen molar-refractivity contribution < 1.29 is 9.13 Å². The maximum atomic E-state index is 13.3. The number of likely N-dealkylation sites (tertiary alicyclic amines) is 1. The highest BCUT2D eigenvalue weighted by Crippen LogP contribution is 2.25. The lowest BCUT2D eigenvalue weighted by Crippen LogP contribution is -2.48. The van der Waals surface area contributed by atoms with E-state index in [1.54, 1.807) is 19.2 Å². The molecule has 0 radical (unpaired) electrons. The van der Waals surface area contributed by atoms with Gasteiger partial charge in [-0.15, -0.1) is 12.4 Å². The summed E-state index contributed by atoms with van der Waals surface area (Å²) in [7, 11) is 1.75. The average molecular weight is 368 g/mol. The van der Waals surface area contributed by atoms with E-state index < -0.39 is 0 Å². The summed E-state index contributed by atoms with van der Waals surface area (Å²) in [4.78, 5) is 2.31. The first-order valence-electron chi connectivity index (χ1n) is 6.55. The molecule has 20 heavy (non-hydrogen) atoms. The normalized spacial score (nSPS) is 23.4. The molecule has 1 fully saturated rings. The minimum atomic E-state index is -0.200. The van der Waals surface area contributed by atoms with E-state index in [9.17, 15) is 4.39 Å². The standard InChI is InChI=1S/C14H20BrFN2O.ClH/c1-19-13-4-5-18(12(7-13)8-17)9-10-6-11(16)2-3-14(10)15;/h2-3,6,12-13H,4-5,7-9,17H2,1H3;1H. The zero-order valence-corrected chi connectivity index (χ0v) is 13.9. The fraction of sp³-hybridized carbons (Fsp3) is 0.571. The van der Waals surface area contributed by atoms with Crippen LogP contribution in [0.2, 0.25) is 0 Å². The van der Waals surface area contributed by atoms with Crippen LogP contribution in [0.15, 0.2) is 22.7 Å². The maximum absolute atomic E-state index is 13.3. The fourth-order valence-electron chi connectivity index (χ4n) is 2.61. The molecule has 2 atom stereocenters. The van der Waals surface area contributed by atoms with Crippen molar-refractivity contribution in [2.45, 2.75) is 31.5 Å². The Bertz CT molecular complexity index is 436. The van der Waals surface area contributed by atoms with Crippen molar-refractivity contribution in [3.8, 4) is 0 Å². The van der Waals surface area contributed by atoms with Gasteiger partial charge in [0.25, 0.3) is 0 Å². The summed E-state index contributed by atoms with van der Waals surface area (Å²) < 4.78 is 19.7. The molecule has 1 aromatic carbocycles. The molecule has 0 saturated carbocycles. The van der Waals surface area contributed by atoms with Gasteiger partial charge in [0.2, 0.25) is 0 Å². The van der Waals surface area contributed by atoms with Gasteiger partial charge in [-0.1, -0.05) is 15.9 Å². The molecule has 0 amide bonds. The van der Waals surface area contributed by atoms with Crippen LogP contribution in [0.5, 0.6) is 0 Å². The second-order valence-corrected chi connectivity index (χ2v) is 5.83. The summed E-state index contributed by atoms with van der Waals surface area (Å²) in [6, 6.07) is 5.10. The number of benzene rings is 1. The van der Waals surface area contributed by atoms with Crippen molar-refractivity contribution in [2.24, 2.45) is 5.73 Å². The second-order valence-electron chi connectivity index (χ2n) is 4.98. The molecule has 0 aromatic heterocycles. The summed E-state index contributed by atoms with van der Waals surface area (Å²) >= 11 is 3.48. The number of halogens is 3. The Labute approximate surface area is 134 Å². The Kier molecular flexibility index (Phi) is 7.40. The number of nitrogens with zero attached hydrogens (tertiary/aromatic N) is 1. The van der Waals surface area contributed by atoms with Gasteiger partial charge in [0.05, 0.1) is 6.10 Å². The number of piperidine rings is 1. The van der Waals surface area contributed by atoms with Crippen molar-refractivity contribution in [2.75, 3.05) is 20.2 Å². The summed E-state index contributed by atoms with van der Waals surface area (Å²) in [5.74, 6) is -0.200. The quantitative estimate of drug-likeness (QED) is 0.889. The van der Waals surface area contributed by atoms with Crippen molar-refractivity contribution >= 4 is 28.3 Å². The van der Waals surface area contributed by atoms with E-state index in [-0.39, 0.29) is 18.2 Å². The van der Waals surface area contributed by atoms with Gasteiger partial charge in [-0.05, 0) is 36.6 Å². The van der Waals surface area contributed by atoms with E-state index in [4.69, 9.17) is 10.5 Å². The third-order valence-corrected chi connectivity index (χ3v) is 4.55. The molecular weight excluding hydrogens is 347 g/mol. The first-order chi connectivity index (χ1) is 9.13. The van der Waals surface area contributed by atoms with E-state index in [0.29, 0.717) is 18.7 Å². The zero-order chi connectivity index (χ0) is 13.8. The van der Waals surface area contributed by atoms with Crippen molar-refractivity contribution in [3.63, 3.8) is 0 Å². The van der Waals surface area contributed by atoms with Gasteiger partial charge in [0.15, 0.2) is 0 Å². The minimum Gasteiger partial charge on any atom is -0.381 e. The number of nitrogens with two attached hydrogens (primary N) is 1. The molecule has 1 saturated heterocycles. The van der Waals surface area contributed by atoms with Crippen LogP contribution in [0.3, 0.4) is 0 Å². The van der Waals surface area contributed by atoms with Crippen LogP contribution in [0.4, 0.5) is 4.39 Å². The lowest BCUT2D eigenvalue weighted by molar-refractivity contribution is 0.0101. The Morgan fingerprint density at radius 3 is 2.90 bits per heavy atom. The summed E-state index contributed by atoms with van der Waals surface area (Å²) in [5, 5.41) is 0. The topological polar surface area (TPSA) is 38.5 Å². The number of hydrogen-bond acceptors (Lipinski definition) is 3. The first-order valence-corrected chi connectivity index (χ1v) is 7.34. The van der Waals surface area contributed by atoms with Crippen LogP contribution in [0, 0.1) is 5.82 Å². The minimum absolute atomic E-state index is 0. The van der Waals surface area contributed by atoms with Crippen LogP contribution in [0.1, 0.15) is 18.4 Å². The Hall–Kier alpha value is -0.200. The van der Waals surface area contributed by atoms with Crippen molar-refractivity contribution in [1.82, 2.24) is 4.90 Å². The van der Waals surface area contributed by atoms with Crippen LogP contribution >= 0.6 is 28.3 Å². The molecule has 6 heteroatoms. The van der Waals surface area contributed by atoms with Crippen molar-refractivity contribution in [1.29, 1.82) is 0 Å². The first kappa shape index (κ1) is 17.9. The highest BCUT2D eigenvalue weighted by atomic mass is 79.9. The molecule has 0 bridgehead atoms. The monoisotopic (exact) mass is 366 g/mol. The molecule has 2 rings (SSSR count). The molecule has 1 aliphatic heterocycles. The third kappa shape index (κ3) is 4.40. The van der Waals surface area contributed by atoms with Gasteiger partial charge in [0, 0.05) is 37.3 Å². The predicted octanol–water partition coefficient (Wildman–Crippen LogP) is 2.95. The molecule has 0 spiro atoms. The summed E-state index contributed by atoms with van der Waals surface area (Å²) in [6.45, 7) is 2.26. The zero-order valence-electron chi connectivity index (χ0n) is 11.5. The van der Waals surface area contributed by atoms with E-state index in [1.165, 1.54) is 6.07 Å². The Morgan fingerprint density at radius 1 is 1.50 bits per heavy atom. The van der Waals surface area contributed by atoms with E-state index in [2.05, 4.69) is 20.8 Å². The number of methoxy groups -OCH3 is 1. The molecule has 1 heterocycles. The predicted molar refractivity (Wildman–Crippen MR) is 84.6 cm³/mol. The molecular formula is C14H21BrClFN2O. The Balaban J connectivity index is 0.00000200. The largest absolute Gasteiger partial charge is 0.381 e. The highest BCUT2D eigenvalue weighted by Gasteiger charge is 2.27. The number of hydrogen-bond donors (Lipinski definition) is 1. The summed E-state index contributed by atoms with van der Waals surface area (Å²) in [5.41, 5.74) is 6.82. The smallest absolute Gasteiger partial charge is 0.123 e. The van der Waals surface area contributed by atoms with E-state index in [0.717, 1.165) is 36.0 Å². The van der Waals surface area contributed by atoms with Gasteiger partial charge >= 0.3 is 0 Å². The fourth-order valence-corrected chi connectivity index (χ4v) is 2.99. The van der Waals surface area contributed by atoms with E-state index in [1.807, 2.05) is 0 Å². The van der Waals surface area contributed by atoms with Gasteiger partial charge in [-0.2, -0.15) is 0 Å². The molecule has 2 unspecified atom stereocenters. The molecule has 1 aromatic rings.